The maximum atomic E-state index is 12.2. The van der Waals surface area contributed by atoms with Crippen LogP contribution in [0.3, 0.4) is 0 Å². The molecular formula is C12H9N3OS. The van der Waals surface area contributed by atoms with Crippen molar-refractivity contribution in [1.82, 2.24) is 9.97 Å². The summed E-state index contributed by atoms with van der Waals surface area (Å²) in [6.07, 6.45) is 1.71. The molecule has 1 aromatic carbocycles. The van der Waals surface area contributed by atoms with Gasteiger partial charge in [-0.1, -0.05) is 18.2 Å². The van der Waals surface area contributed by atoms with Gasteiger partial charge < -0.3 is 10.7 Å². The molecule has 17 heavy (non-hydrogen) atoms. The highest BCUT2D eigenvalue weighted by molar-refractivity contribution is 7.12. The topological polar surface area (TPSA) is 71.8 Å². The van der Waals surface area contributed by atoms with E-state index in [-0.39, 0.29) is 5.78 Å². The molecule has 2 aromatic heterocycles. The summed E-state index contributed by atoms with van der Waals surface area (Å²) in [5, 5.41) is 3.00. The van der Waals surface area contributed by atoms with Gasteiger partial charge in [0, 0.05) is 22.5 Å². The Balaban J connectivity index is 2.13. The largest absolute Gasteiger partial charge is 0.383 e. The van der Waals surface area contributed by atoms with Crippen molar-refractivity contribution in [2.24, 2.45) is 0 Å². The third-order valence-corrected chi connectivity index (χ3v) is 3.41. The summed E-state index contributed by atoms with van der Waals surface area (Å²) in [6.45, 7) is 0. The second kappa shape index (κ2) is 3.71. The molecule has 4 nitrogen and oxygen atoms in total. The maximum absolute atomic E-state index is 12.2. The van der Waals surface area contributed by atoms with Crippen LogP contribution in [0.2, 0.25) is 0 Å². The minimum absolute atomic E-state index is 0.0934. The Hall–Kier alpha value is -2.14. The fourth-order valence-corrected chi connectivity index (χ4v) is 2.43. The summed E-state index contributed by atoms with van der Waals surface area (Å²) >= 11 is 1.26. The molecule has 2 heterocycles. The van der Waals surface area contributed by atoms with E-state index in [1.165, 1.54) is 11.3 Å². The lowest BCUT2D eigenvalue weighted by Gasteiger charge is -1.94. The molecule has 0 saturated carbocycles. The van der Waals surface area contributed by atoms with Crippen LogP contribution < -0.4 is 5.73 Å². The van der Waals surface area contributed by atoms with Gasteiger partial charge in [0.15, 0.2) is 5.01 Å². The number of nitrogens with one attached hydrogen (secondary N) is 1. The molecule has 0 bridgehead atoms. The lowest BCUT2D eigenvalue weighted by atomic mass is 10.1. The Kier molecular flexibility index (Phi) is 2.19. The zero-order chi connectivity index (χ0) is 11.8. The van der Waals surface area contributed by atoms with Crippen LogP contribution in [-0.2, 0) is 0 Å². The van der Waals surface area contributed by atoms with E-state index in [1.54, 1.807) is 11.6 Å². The lowest BCUT2D eigenvalue weighted by Crippen LogP contribution is -2.00. The number of hydrogen-bond acceptors (Lipinski definition) is 4. The standard InChI is InChI=1S/C12H9N3OS/c13-10-6-17-12(15-10)11(16)8-5-14-9-4-2-1-3-7(8)9/h1-6,14H,13H2. The van der Waals surface area contributed by atoms with Gasteiger partial charge in [-0.2, -0.15) is 0 Å². The number of fused-ring (bicyclic) bond motifs is 1. The van der Waals surface area contributed by atoms with E-state index < -0.39 is 0 Å². The highest BCUT2D eigenvalue weighted by Crippen LogP contribution is 2.22. The number of nitrogens with zero attached hydrogens (tertiary/aromatic N) is 1. The fourth-order valence-electron chi connectivity index (χ4n) is 1.77. The average molecular weight is 243 g/mol. The van der Waals surface area contributed by atoms with Crippen LogP contribution in [0, 0.1) is 0 Å². The average Bonchev–Trinajstić information content (AvgIpc) is 2.94. The van der Waals surface area contributed by atoms with Gasteiger partial charge in [-0.15, -0.1) is 11.3 Å². The number of nitrogens with two attached hydrogens (primary N) is 1. The first kappa shape index (κ1) is 10.0. The molecule has 0 fully saturated rings. The van der Waals surface area contributed by atoms with Gasteiger partial charge in [0.25, 0.3) is 0 Å². The van der Waals surface area contributed by atoms with E-state index in [1.807, 2.05) is 24.3 Å². The van der Waals surface area contributed by atoms with Crippen molar-refractivity contribution < 1.29 is 4.79 Å². The summed E-state index contributed by atoms with van der Waals surface area (Å²) in [7, 11) is 0. The van der Waals surface area contributed by atoms with Crippen LogP contribution >= 0.6 is 11.3 Å². The second-order valence-corrected chi connectivity index (χ2v) is 4.51. The predicted octanol–water partition coefficient (Wildman–Crippen LogP) is 2.44. The van der Waals surface area contributed by atoms with Crippen molar-refractivity contribution in [2.45, 2.75) is 0 Å². The molecule has 0 atom stereocenters. The number of nitrogen functional groups attached to an aromatic ring is 1. The molecule has 3 aromatic rings. The lowest BCUT2D eigenvalue weighted by molar-refractivity contribution is 0.104. The Morgan fingerprint density at radius 2 is 2.18 bits per heavy atom. The highest BCUT2D eigenvalue weighted by Gasteiger charge is 2.16. The van der Waals surface area contributed by atoms with Crippen molar-refractivity contribution in [3.63, 3.8) is 0 Å². The molecule has 0 saturated heterocycles. The third kappa shape index (κ3) is 1.60. The number of H-pyrrole nitrogens is 1. The molecule has 0 aliphatic carbocycles. The van der Waals surface area contributed by atoms with Gasteiger partial charge in [0.1, 0.15) is 5.82 Å². The van der Waals surface area contributed by atoms with Crippen LogP contribution in [0.15, 0.2) is 35.8 Å². The van der Waals surface area contributed by atoms with Crippen molar-refractivity contribution in [3.05, 3.63) is 46.4 Å². The molecule has 0 spiro atoms. The Morgan fingerprint density at radius 1 is 1.35 bits per heavy atom. The molecule has 5 heteroatoms. The number of aromatic amines is 1. The van der Waals surface area contributed by atoms with Crippen LogP contribution in [0.1, 0.15) is 15.4 Å². The van der Waals surface area contributed by atoms with E-state index in [0.29, 0.717) is 16.4 Å². The third-order valence-electron chi connectivity index (χ3n) is 2.55. The molecule has 3 N–H and O–H groups in total. The summed E-state index contributed by atoms with van der Waals surface area (Å²) in [5.74, 6) is 0.294. The molecule has 84 valence electrons. The fraction of sp³-hybridized carbons (Fsp3) is 0. The number of carbonyl (C=O) groups is 1. The Morgan fingerprint density at radius 3 is 2.94 bits per heavy atom. The number of anilines is 1. The Labute approximate surface area is 101 Å². The highest BCUT2D eigenvalue weighted by atomic mass is 32.1. The van der Waals surface area contributed by atoms with Crippen molar-refractivity contribution >= 4 is 33.8 Å². The van der Waals surface area contributed by atoms with E-state index in [2.05, 4.69) is 9.97 Å². The van der Waals surface area contributed by atoms with Crippen LogP contribution in [0.5, 0.6) is 0 Å². The zero-order valence-electron chi connectivity index (χ0n) is 8.81. The first-order valence-corrected chi connectivity index (χ1v) is 5.95. The monoisotopic (exact) mass is 243 g/mol. The van der Waals surface area contributed by atoms with Gasteiger partial charge >= 0.3 is 0 Å². The van der Waals surface area contributed by atoms with Gasteiger partial charge in [0.05, 0.1) is 5.56 Å². The molecule has 0 aliphatic rings. The smallest absolute Gasteiger partial charge is 0.223 e. The number of hydrogen-bond donors (Lipinski definition) is 2. The molecule has 0 radical (unpaired) electrons. The molecular weight excluding hydrogens is 234 g/mol. The number of thiazole rings is 1. The van der Waals surface area contributed by atoms with Gasteiger partial charge in [-0.3, -0.25) is 4.79 Å². The normalized spacial score (nSPS) is 10.8. The number of ketones is 1. The quantitative estimate of drug-likeness (QED) is 0.679. The zero-order valence-corrected chi connectivity index (χ0v) is 9.62. The van der Waals surface area contributed by atoms with Gasteiger partial charge in [0.2, 0.25) is 5.78 Å². The number of aromatic nitrogens is 2. The Bertz CT molecular complexity index is 698. The van der Waals surface area contributed by atoms with E-state index in [9.17, 15) is 4.79 Å². The second-order valence-electron chi connectivity index (χ2n) is 3.65. The van der Waals surface area contributed by atoms with E-state index in [0.717, 1.165) is 10.9 Å². The SMILES string of the molecule is Nc1csc(C(=O)c2c[nH]c3ccccc23)n1. The van der Waals surface area contributed by atoms with E-state index in [4.69, 9.17) is 5.73 Å². The van der Waals surface area contributed by atoms with Crippen molar-refractivity contribution in [2.75, 3.05) is 5.73 Å². The first-order chi connectivity index (χ1) is 8.25. The number of para-hydroxylation sites is 1. The van der Waals surface area contributed by atoms with Crippen molar-refractivity contribution in [3.8, 4) is 0 Å². The van der Waals surface area contributed by atoms with Gasteiger partial charge in [-0.05, 0) is 6.07 Å². The summed E-state index contributed by atoms with van der Waals surface area (Å²) in [6, 6.07) is 7.68. The maximum Gasteiger partial charge on any atom is 0.223 e. The number of carbonyl (C=O) groups excluding carboxylic acids is 1. The summed E-state index contributed by atoms with van der Waals surface area (Å²) < 4.78 is 0. The van der Waals surface area contributed by atoms with Crippen molar-refractivity contribution in [1.29, 1.82) is 0 Å². The number of rotatable bonds is 2. The molecule has 0 amide bonds. The molecule has 3 rings (SSSR count). The minimum Gasteiger partial charge on any atom is -0.383 e. The number of benzene rings is 1. The van der Waals surface area contributed by atoms with Crippen LogP contribution in [-0.4, -0.2) is 15.8 Å². The first-order valence-electron chi connectivity index (χ1n) is 5.07. The summed E-state index contributed by atoms with van der Waals surface area (Å²) in [4.78, 5) is 19.3. The molecule has 0 aliphatic heterocycles. The minimum atomic E-state index is -0.0934. The van der Waals surface area contributed by atoms with Crippen LogP contribution in [0.25, 0.3) is 10.9 Å². The van der Waals surface area contributed by atoms with Crippen LogP contribution in [0.4, 0.5) is 5.82 Å². The summed E-state index contributed by atoms with van der Waals surface area (Å²) in [5.41, 5.74) is 7.10. The predicted molar refractivity (Wildman–Crippen MR) is 68.3 cm³/mol. The molecule has 0 unspecified atom stereocenters. The van der Waals surface area contributed by atoms with Gasteiger partial charge in [-0.25, -0.2) is 4.98 Å². The van der Waals surface area contributed by atoms with E-state index >= 15 is 0 Å².